The van der Waals surface area contributed by atoms with Gasteiger partial charge in [-0.25, -0.2) is 15.0 Å². The highest BCUT2D eigenvalue weighted by Gasteiger charge is 2.47. The molecule has 0 saturated carbocycles. The average molecular weight is 528 g/mol. The molecule has 2 aliphatic heterocycles. The normalized spacial score (nSPS) is 20.7. The van der Waals surface area contributed by atoms with Crippen LogP contribution in [0, 0.1) is 6.92 Å². The van der Waals surface area contributed by atoms with E-state index in [1.807, 2.05) is 33.7 Å². The summed E-state index contributed by atoms with van der Waals surface area (Å²) in [5.41, 5.74) is 12.0. The number of carbonyl (C=O) groups is 1. The molecule has 7 heterocycles. The molecule has 3 atom stereocenters. The summed E-state index contributed by atoms with van der Waals surface area (Å²) in [5, 5.41) is 3.81. The minimum absolute atomic E-state index is 0.00153. The first-order chi connectivity index (χ1) is 18.5. The van der Waals surface area contributed by atoms with Crippen molar-refractivity contribution in [3.63, 3.8) is 0 Å². The number of hydrogen-bond donors (Lipinski definition) is 1. The SMILES string of the molecule is CCc1ccc2cc(-c3nc4cc(C(=O)N5[C@H]6CC[C@@H]5[C@H](N)C6)cc(OC)n4c3C)n(-c3nccs3)c2n1. The summed E-state index contributed by atoms with van der Waals surface area (Å²) >= 11 is 1.56. The maximum Gasteiger partial charge on any atom is 0.254 e. The van der Waals surface area contributed by atoms with Gasteiger partial charge in [0.1, 0.15) is 17.0 Å². The lowest BCUT2D eigenvalue weighted by molar-refractivity contribution is 0.0726. The Bertz CT molecular complexity index is 1700. The summed E-state index contributed by atoms with van der Waals surface area (Å²) in [6.07, 6.45) is 5.51. The van der Waals surface area contributed by atoms with Crippen LogP contribution in [-0.2, 0) is 6.42 Å². The second kappa shape index (κ2) is 8.64. The summed E-state index contributed by atoms with van der Waals surface area (Å²) in [6, 6.07) is 10.4. The second-order valence-corrected chi connectivity index (χ2v) is 11.1. The number of rotatable bonds is 5. The number of methoxy groups -OCH3 is 1. The topological polar surface area (TPSA) is 104 Å². The lowest BCUT2D eigenvalue weighted by Crippen LogP contribution is -2.40. The summed E-state index contributed by atoms with van der Waals surface area (Å²) in [4.78, 5) is 30.2. The molecule has 2 saturated heterocycles. The lowest BCUT2D eigenvalue weighted by atomic mass is 9.97. The number of hydrogen-bond acceptors (Lipinski definition) is 7. The molecule has 0 aromatic carbocycles. The maximum absolute atomic E-state index is 13.7. The van der Waals surface area contributed by atoms with Crippen molar-refractivity contribution in [1.29, 1.82) is 0 Å². The number of nitrogens with zero attached hydrogens (tertiary/aromatic N) is 6. The summed E-state index contributed by atoms with van der Waals surface area (Å²) in [6.45, 7) is 4.12. The van der Waals surface area contributed by atoms with E-state index >= 15 is 0 Å². The zero-order valence-electron chi connectivity index (χ0n) is 21.6. The van der Waals surface area contributed by atoms with Gasteiger partial charge < -0.3 is 15.4 Å². The predicted molar refractivity (Wildman–Crippen MR) is 147 cm³/mol. The Labute approximate surface area is 223 Å². The molecule has 194 valence electrons. The first-order valence-corrected chi connectivity index (χ1v) is 13.9. The number of nitrogens with two attached hydrogens (primary N) is 1. The Kier molecular flexibility index (Phi) is 5.31. The minimum atomic E-state index is 0.00153. The molecule has 0 unspecified atom stereocenters. The molecule has 2 fully saturated rings. The molecule has 2 bridgehead atoms. The molecule has 7 rings (SSSR count). The van der Waals surface area contributed by atoms with Crippen LogP contribution in [0.4, 0.5) is 0 Å². The number of thiazole rings is 1. The molecule has 5 aromatic heterocycles. The van der Waals surface area contributed by atoms with Crippen molar-refractivity contribution in [2.24, 2.45) is 5.73 Å². The van der Waals surface area contributed by atoms with Crippen LogP contribution in [0.1, 0.15) is 47.9 Å². The van der Waals surface area contributed by atoms with E-state index in [-0.39, 0.29) is 24.0 Å². The number of aryl methyl sites for hydroxylation is 2. The molecular formula is C28H29N7O2S. The Morgan fingerprint density at radius 1 is 1.21 bits per heavy atom. The van der Waals surface area contributed by atoms with Gasteiger partial charge in [0, 0.05) is 52.4 Å². The van der Waals surface area contributed by atoms with Crippen molar-refractivity contribution in [3.8, 4) is 22.4 Å². The fourth-order valence-electron chi connectivity index (χ4n) is 6.30. The standard InChI is InChI=1S/C28H29N7O2S/c1-4-18-6-5-16-11-22(35(26(16)31-18)28-30-9-10-38-28)25-15(2)33-23(32-25)12-17(13-24(33)37-3)27(36)34-19-7-8-21(34)20(29)14-19/h5-6,9-13,19-21H,4,7-8,14,29H2,1-3H3/t19-,20+,21+/m0/s1. The quantitative estimate of drug-likeness (QED) is 0.364. The van der Waals surface area contributed by atoms with E-state index in [1.165, 1.54) is 0 Å². The average Bonchev–Trinajstić information content (AvgIpc) is 3.75. The maximum atomic E-state index is 13.7. The zero-order chi connectivity index (χ0) is 26.1. The van der Waals surface area contributed by atoms with E-state index in [1.54, 1.807) is 24.6 Å². The van der Waals surface area contributed by atoms with Gasteiger partial charge in [-0.05, 0) is 56.9 Å². The van der Waals surface area contributed by atoms with Crippen LogP contribution in [0.15, 0.2) is 41.9 Å². The highest BCUT2D eigenvalue weighted by atomic mass is 32.1. The van der Waals surface area contributed by atoms with Gasteiger partial charge in [0.05, 0.1) is 18.5 Å². The van der Waals surface area contributed by atoms with Crippen LogP contribution >= 0.6 is 11.3 Å². The summed E-state index contributed by atoms with van der Waals surface area (Å²) in [5.74, 6) is 0.572. The Balaban J connectivity index is 1.40. The molecule has 0 radical (unpaired) electrons. The number of imidazole rings is 1. The van der Waals surface area contributed by atoms with Gasteiger partial charge in [0.25, 0.3) is 5.91 Å². The first-order valence-electron chi connectivity index (χ1n) is 13.1. The second-order valence-electron chi connectivity index (χ2n) is 10.2. The van der Waals surface area contributed by atoms with Crippen LogP contribution in [-0.4, -0.2) is 60.0 Å². The molecule has 10 heteroatoms. The number of pyridine rings is 2. The van der Waals surface area contributed by atoms with Gasteiger partial charge in [-0.3, -0.25) is 13.8 Å². The van der Waals surface area contributed by atoms with Crippen LogP contribution in [0.5, 0.6) is 5.88 Å². The summed E-state index contributed by atoms with van der Waals surface area (Å²) in [7, 11) is 1.63. The van der Waals surface area contributed by atoms with Gasteiger partial charge >= 0.3 is 0 Å². The third-order valence-corrected chi connectivity index (χ3v) is 8.87. The molecule has 0 spiro atoms. The van der Waals surface area contributed by atoms with Crippen molar-refractivity contribution in [2.75, 3.05) is 7.11 Å². The van der Waals surface area contributed by atoms with Gasteiger partial charge in [0.2, 0.25) is 0 Å². The Morgan fingerprint density at radius 2 is 2.08 bits per heavy atom. The van der Waals surface area contributed by atoms with Crippen molar-refractivity contribution >= 4 is 33.9 Å². The van der Waals surface area contributed by atoms with E-state index < -0.39 is 0 Å². The Morgan fingerprint density at radius 3 is 2.76 bits per heavy atom. The highest BCUT2D eigenvalue weighted by molar-refractivity contribution is 7.12. The van der Waals surface area contributed by atoms with Gasteiger partial charge in [-0.1, -0.05) is 6.92 Å². The lowest BCUT2D eigenvalue weighted by Gasteiger charge is -2.23. The summed E-state index contributed by atoms with van der Waals surface area (Å²) < 4.78 is 9.83. The predicted octanol–water partition coefficient (Wildman–Crippen LogP) is 4.38. The molecule has 1 amide bonds. The Hall–Kier alpha value is -3.76. The number of fused-ring (bicyclic) bond motifs is 4. The fourth-order valence-corrected chi connectivity index (χ4v) is 6.96. The van der Waals surface area contributed by atoms with E-state index in [2.05, 4.69) is 34.7 Å². The number of aromatic nitrogens is 5. The molecule has 9 nitrogen and oxygen atoms in total. The van der Waals surface area contributed by atoms with Crippen LogP contribution in [0.3, 0.4) is 0 Å². The number of carbonyl (C=O) groups excluding carboxylic acids is 1. The van der Waals surface area contributed by atoms with E-state index in [0.29, 0.717) is 17.1 Å². The minimum Gasteiger partial charge on any atom is -0.482 e. The molecule has 2 aliphatic rings. The van der Waals surface area contributed by atoms with Crippen molar-refractivity contribution in [2.45, 2.75) is 57.7 Å². The smallest absolute Gasteiger partial charge is 0.254 e. The third-order valence-electron chi connectivity index (χ3n) is 8.12. The van der Waals surface area contributed by atoms with E-state index in [4.69, 9.17) is 20.4 Å². The van der Waals surface area contributed by atoms with Crippen molar-refractivity contribution in [1.82, 2.24) is 28.8 Å². The van der Waals surface area contributed by atoms with Crippen molar-refractivity contribution < 1.29 is 9.53 Å². The first kappa shape index (κ1) is 23.4. The van der Waals surface area contributed by atoms with Crippen molar-refractivity contribution in [3.05, 3.63) is 58.9 Å². The number of amides is 1. The van der Waals surface area contributed by atoms with Crippen LogP contribution < -0.4 is 10.5 Å². The zero-order valence-corrected chi connectivity index (χ0v) is 22.4. The highest BCUT2D eigenvalue weighted by Crippen LogP contribution is 2.39. The molecular weight excluding hydrogens is 498 g/mol. The van der Waals surface area contributed by atoms with Gasteiger partial charge in [-0.2, -0.15) is 0 Å². The van der Waals surface area contributed by atoms with E-state index in [9.17, 15) is 4.79 Å². The molecule has 5 aromatic rings. The monoisotopic (exact) mass is 527 g/mol. The molecule has 38 heavy (non-hydrogen) atoms. The molecule has 0 aliphatic carbocycles. The fraction of sp³-hybridized carbons (Fsp3) is 0.357. The van der Waals surface area contributed by atoms with Gasteiger partial charge in [0.15, 0.2) is 11.0 Å². The van der Waals surface area contributed by atoms with Crippen LogP contribution in [0.2, 0.25) is 0 Å². The largest absolute Gasteiger partial charge is 0.482 e. The number of ether oxygens (including phenoxy) is 1. The van der Waals surface area contributed by atoms with Crippen LogP contribution in [0.25, 0.3) is 33.2 Å². The molecule has 2 N–H and O–H groups in total. The van der Waals surface area contributed by atoms with E-state index in [0.717, 1.165) is 64.6 Å². The van der Waals surface area contributed by atoms with Gasteiger partial charge in [-0.15, -0.1) is 11.3 Å². The third kappa shape index (κ3) is 3.33.